The van der Waals surface area contributed by atoms with Gasteiger partial charge in [0.1, 0.15) is 0 Å². The van der Waals surface area contributed by atoms with E-state index in [1.807, 2.05) is 19.1 Å². The lowest BCUT2D eigenvalue weighted by molar-refractivity contribution is -0.142. The molecule has 0 saturated carbocycles. The molecule has 72 valence electrons. The molecule has 0 fully saturated rings. The number of aliphatic hydroxyl groups excluding tert-OH is 1. The summed E-state index contributed by atoms with van der Waals surface area (Å²) in [5.41, 5.74) is 0. The van der Waals surface area contributed by atoms with E-state index in [0.29, 0.717) is 0 Å². The number of hydrogen-bond acceptors (Lipinski definition) is 4. The highest BCUT2D eigenvalue weighted by atomic mass is 32.1. The lowest BCUT2D eigenvalue weighted by Gasteiger charge is -2.05. The van der Waals surface area contributed by atoms with Gasteiger partial charge in [0.05, 0.1) is 19.6 Å². The molecular formula is C9H12O3S. The quantitative estimate of drug-likeness (QED) is 0.755. The van der Waals surface area contributed by atoms with E-state index in [1.54, 1.807) is 0 Å². The van der Waals surface area contributed by atoms with E-state index in [0.717, 1.165) is 9.75 Å². The Labute approximate surface area is 81.0 Å². The van der Waals surface area contributed by atoms with Gasteiger partial charge in [0.2, 0.25) is 0 Å². The number of carbonyl (C=O) groups is 1. The van der Waals surface area contributed by atoms with Gasteiger partial charge in [0.25, 0.3) is 0 Å². The first-order valence-corrected chi connectivity index (χ1v) is 4.76. The molecule has 0 aromatic carbocycles. The van der Waals surface area contributed by atoms with Crippen molar-refractivity contribution in [3.8, 4) is 0 Å². The van der Waals surface area contributed by atoms with Gasteiger partial charge in [-0.2, -0.15) is 0 Å². The van der Waals surface area contributed by atoms with Crippen molar-refractivity contribution in [2.75, 3.05) is 7.11 Å². The zero-order valence-electron chi connectivity index (χ0n) is 7.61. The predicted molar refractivity (Wildman–Crippen MR) is 50.6 cm³/mol. The molecule has 13 heavy (non-hydrogen) atoms. The normalized spacial score (nSPS) is 12.5. The average Bonchev–Trinajstić information content (AvgIpc) is 2.51. The molecule has 0 aliphatic heterocycles. The SMILES string of the molecule is COC(=O)C[C@H](O)c1ccc(C)s1. The van der Waals surface area contributed by atoms with Crippen molar-refractivity contribution < 1.29 is 14.6 Å². The van der Waals surface area contributed by atoms with Crippen LogP contribution < -0.4 is 0 Å². The van der Waals surface area contributed by atoms with Gasteiger partial charge in [-0.25, -0.2) is 0 Å². The van der Waals surface area contributed by atoms with E-state index in [-0.39, 0.29) is 6.42 Å². The number of rotatable bonds is 3. The standard InChI is InChI=1S/C9H12O3S/c1-6-3-4-8(13-6)7(10)5-9(11)12-2/h3-4,7,10H,5H2,1-2H3/t7-/m0/s1. The largest absolute Gasteiger partial charge is 0.469 e. The van der Waals surface area contributed by atoms with Crippen LogP contribution in [0.3, 0.4) is 0 Å². The Hall–Kier alpha value is -0.870. The molecule has 1 heterocycles. The highest BCUT2D eigenvalue weighted by Crippen LogP contribution is 2.24. The number of ether oxygens (including phenoxy) is 1. The maximum Gasteiger partial charge on any atom is 0.308 e. The minimum atomic E-state index is -0.730. The number of hydrogen-bond donors (Lipinski definition) is 1. The summed E-state index contributed by atoms with van der Waals surface area (Å²) in [4.78, 5) is 12.8. The van der Waals surface area contributed by atoms with Gasteiger partial charge in [-0.1, -0.05) is 0 Å². The minimum absolute atomic E-state index is 0.0243. The third-order valence-corrected chi connectivity index (χ3v) is 2.78. The van der Waals surface area contributed by atoms with Gasteiger partial charge >= 0.3 is 5.97 Å². The monoisotopic (exact) mass is 200 g/mol. The van der Waals surface area contributed by atoms with E-state index >= 15 is 0 Å². The van der Waals surface area contributed by atoms with Gasteiger partial charge in [0.15, 0.2) is 0 Å². The van der Waals surface area contributed by atoms with E-state index < -0.39 is 12.1 Å². The van der Waals surface area contributed by atoms with Crippen LogP contribution >= 0.6 is 11.3 Å². The molecule has 3 nitrogen and oxygen atoms in total. The lowest BCUT2D eigenvalue weighted by atomic mass is 10.2. The molecule has 0 unspecified atom stereocenters. The molecule has 1 N–H and O–H groups in total. The summed E-state index contributed by atoms with van der Waals surface area (Å²) in [6, 6.07) is 3.74. The highest BCUT2D eigenvalue weighted by molar-refractivity contribution is 7.12. The molecule has 1 rings (SSSR count). The lowest BCUT2D eigenvalue weighted by Crippen LogP contribution is -2.06. The minimum Gasteiger partial charge on any atom is -0.469 e. The first-order valence-electron chi connectivity index (χ1n) is 3.94. The maximum atomic E-state index is 10.8. The second kappa shape index (κ2) is 4.39. The van der Waals surface area contributed by atoms with Crippen LogP contribution in [0, 0.1) is 6.92 Å². The molecule has 0 saturated heterocycles. The third-order valence-electron chi connectivity index (χ3n) is 1.68. The number of methoxy groups -OCH3 is 1. The Kier molecular flexibility index (Phi) is 3.45. The van der Waals surface area contributed by atoms with Crippen molar-refractivity contribution in [2.45, 2.75) is 19.4 Å². The van der Waals surface area contributed by atoms with Crippen molar-refractivity contribution in [3.63, 3.8) is 0 Å². The molecule has 1 aromatic rings. The van der Waals surface area contributed by atoms with Crippen LogP contribution in [0.2, 0.25) is 0 Å². The Bertz CT molecular complexity index is 293. The van der Waals surface area contributed by atoms with E-state index in [9.17, 15) is 9.90 Å². The van der Waals surface area contributed by atoms with Crippen molar-refractivity contribution >= 4 is 17.3 Å². The summed E-state index contributed by atoms with van der Waals surface area (Å²) in [5, 5.41) is 9.54. The molecule has 0 amide bonds. The first-order chi connectivity index (χ1) is 6.13. The molecule has 0 bridgehead atoms. The zero-order chi connectivity index (χ0) is 9.84. The molecular weight excluding hydrogens is 188 g/mol. The smallest absolute Gasteiger partial charge is 0.308 e. The van der Waals surface area contributed by atoms with Gasteiger partial charge < -0.3 is 9.84 Å². The molecule has 1 atom stereocenters. The summed E-state index contributed by atoms with van der Waals surface area (Å²) in [5.74, 6) is -0.390. The van der Waals surface area contributed by atoms with E-state index in [2.05, 4.69) is 4.74 Å². The fourth-order valence-electron chi connectivity index (χ4n) is 0.974. The molecule has 4 heteroatoms. The Morgan fingerprint density at radius 3 is 2.85 bits per heavy atom. The fourth-order valence-corrected chi connectivity index (χ4v) is 1.84. The number of aliphatic hydroxyl groups is 1. The van der Waals surface area contributed by atoms with Crippen molar-refractivity contribution in [1.82, 2.24) is 0 Å². The van der Waals surface area contributed by atoms with Gasteiger partial charge in [-0.3, -0.25) is 4.79 Å². The highest BCUT2D eigenvalue weighted by Gasteiger charge is 2.14. The number of aryl methyl sites for hydroxylation is 1. The van der Waals surface area contributed by atoms with Crippen LogP contribution in [0.15, 0.2) is 12.1 Å². The molecule has 0 aliphatic carbocycles. The van der Waals surface area contributed by atoms with Crippen molar-refractivity contribution in [3.05, 3.63) is 21.9 Å². The van der Waals surface area contributed by atoms with E-state index in [1.165, 1.54) is 18.4 Å². The fraction of sp³-hybridized carbons (Fsp3) is 0.444. The number of esters is 1. The van der Waals surface area contributed by atoms with Gasteiger partial charge in [0, 0.05) is 9.75 Å². The van der Waals surface area contributed by atoms with Gasteiger partial charge in [-0.15, -0.1) is 11.3 Å². The van der Waals surface area contributed by atoms with Gasteiger partial charge in [-0.05, 0) is 19.1 Å². The van der Waals surface area contributed by atoms with Crippen molar-refractivity contribution in [1.29, 1.82) is 0 Å². The van der Waals surface area contributed by atoms with E-state index in [4.69, 9.17) is 0 Å². The second-order valence-electron chi connectivity index (χ2n) is 2.74. The molecule has 0 radical (unpaired) electrons. The summed E-state index contributed by atoms with van der Waals surface area (Å²) < 4.78 is 4.45. The average molecular weight is 200 g/mol. The second-order valence-corrected chi connectivity index (χ2v) is 4.06. The summed E-state index contributed by atoms with van der Waals surface area (Å²) in [6.07, 6.45) is -0.706. The Morgan fingerprint density at radius 2 is 2.38 bits per heavy atom. The van der Waals surface area contributed by atoms with Crippen molar-refractivity contribution in [2.24, 2.45) is 0 Å². The number of thiophene rings is 1. The Morgan fingerprint density at radius 1 is 1.69 bits per heavy atom. The maximum absolute atomic E-state index is 10.8. The summed E-state index contributed by atoms with van der Waals surface area (Å²) >= 11 is 1.49. The molecule has 0 spiro atoms. The zero-order valence-corrected chi connectivity index (χ0v) is 8.43. The molecule has 1 aromatic heterocycles. The summed E-state index contributed by atoms with van der Waals surface area (Å²) in [7, 11) is 1.31. The predicted octanol–water partition coefficient (Wildman–Crippen LogP) is 1.65. The first kappa shape index (κ1) is 10.2. The van der Waals surface area contributed by atoms with Crippen LogP contribution in [0.25, 0.3) is 0 Å². The molecule has 0 aliphatic rings. The number of carbonyl (C=O) groups excluding carboxylic acids is 1. The van der Waals surface area contributed by atoms with Crippen LogP contribution in [0.1, 0.15) is 22.3 Å². The Balaban J connectivity index is 2.58. The van der Waals surface area contributed by atoms with Crippen LogP contribution in [-0.4, -0.2) is 18.2 Å². The van der Waals surface area contributed by atoms with Crippen LogP contribution in [0.5, 0.6) is 0 Å². The summed E-state index contributed by atoms with van der Waals surface area (Å²) in [6.45, 7) is 1.96. The topological polar surface area (TPSA) is 46.5 Å². The van der Waals surface area contributed by atoms with Crippen LogP contribution in [-0.2, 0) is 9.53 Å². The third kappa shape index (κ3) is 2.82. The van der Waals surface area contributed by atoms with Crippen LogP contribution in [0.4, 0.5) is 0 Å².